The van der Waals surface area contributed by atoms with Gasteiger partial charge in [-0.05, 0) is 141 Å². The zero-order valence-corrected chi connectivity index (χ0v) is 42.3. The number of hydrogen-bond acceptors (Lipinski definition) is 7. The minimum Gasteiger partial charge on any atom is -0.506 e. The molecule has 1 saturated carbocycles. The summed E-state index contributed by atoms with van der Waals surface area (Å²) in [7, 11) is -0.0269. The van der Waals surface area contributed by atoms with Crippen molar-refractivity contribution in [2.75, 3.05) is 30.4 Å². The highest BCUT2D eigenvalue weighted by Gasteiger charge is 2.40. The van der Waals surface area contributed by atoms with Crippen LogP contribution < -0.4 is 21.1 Å². The van der Waals surface area contributed by atoms with Crippen molar-refractivity contribution in [2.45, 2.75) is 121 Å². The van der Waals surface area contributed by atoms with Crippen LogP contribution in [0.1, 0.15) is 94.1 Å². The molecule has 7 rings (SSSR count). The van der Waals surface area contributed by atoms with E-state index in [0.29, 0.717) is 55.3 Å². The predicted octanol–water partition coefficient (Wildman–Crippen LogP) is 12.1. The van der Waals surface area contributed by atoms with E-state index >= 15 is 0 Å². The van der Waals surface area contributed by atoms with Gasteiger partial charge in [0.25, 0.3) is 0 Å². The molecule has 364 valence electrons. The Morgan fingerprint density at radius 3 is 2.13 bits per heavy atom. The van der Waals surface area contributed by atoms with E-state index in [1.54, 1.807) is 17.0 Å². The summed E-state index contributed by atoms with van der Waals surface area (Å²) in [4.78, 5) is 45.4. The van der Waals surface area contributed by atoms with E-state index in [-0.39, 0.29) is 34.4 Å². The van der Waals surface area contributed by atoms with Crippen LogP contribution in [0.4, 0.5) is 16.2 Å². The minimum atomic E-state index is -2.23. The molecule has 69 heavy (non-hydrogen) atoms. The summed E-state index contributed by atoms with van der Waals surface area (Å²) in [5, 5.41) is 28.7. The molecule has 5 aromatic carbocycles. The molecule has 11 nitrogen and oxygen atoms in total. The Labute approximate surface area is 409 Å². The van der Waals surface area contributed by atoms with Crippen LogP contribution in [0, 0.1) is 0 Å². The number of phenolic OH excluding ortho intramolecular Hbond substituents is 1. The van der Waals surface area contributed by atoms with Crippen LogP contribution in [0.2, 0.25) is 18.1 Å². The van der Waals surface area contributed by atoms with Crippen LogP contribution in [-0.4, -0.2) is 72.6 Å². The number of nitrogens with one attached hydrogen (secondary N) is 3. The Balaban J connectivity index is 0.938. The minimum absolute atomic E-state index is 0.0161. The monoisotopic (exact) mass is 950 g/mol. The number of carbonyl (C=O) groups excluding carboxylic acids is 1. The number of amides is 2. The number of hydrogen-bond donors (Lipinski definition) is 5. The van der Waals surface area contributed by atoms with Crippen LogP contribution in [0.15, 0.2) is 132 Å². The Bertz CT molecular complexity index is 2700. The molecule has 0 aliphatic heterocycles. The lowest BCUT2D eigenvalue weighted by Crippen LogP contribution is -2.45. The molecular formula is C57H71N5O6Si. The highest BCUT2D eigenvalue weighted by Crippen LogP contribution is 2.42. The van der Waals surface area contributed by atoms with E-state index in [1.165, 1.54) is 11.6 Å². The fourth-order valence-electron chi connectivity index (χ4n) is 9.38. The number of pyridine rings is 1. The van der Waals surface area contributed by atoms with Crippen molar-refractivity contribution in [3.8, 4) is 16.9 Å². The molecule has 0 spiro atoms. The van der Waals surface area contributed by atoms with Crippen molar-refractivity contribution in [2.24, 2.45) is 0 Å². The van der Waals surface area contributed by atoms with Gasteiger partial charge in [-0.2, -0.15) is 0 Å². The van der Waals surface area contributed by atoms with Gasteiger partial charge in [0.1, 0.15) is 5.75 Å². The van der Waals surface area contributed by atoms with Gasteiger partial charge in [-0.15, -0.1) is 0 Å². The summed E-state index contributed by atoms with van der Waals surface area (Å²) in [5.74, 6) is -0.0635. The Hall–Kier alpha value is -6.05. The maximum Gasteiger partial charge on any atom is 0.412 e. The predicted molar refractivity (Wildman–Crippen MR) is 283 cm³/mol. The maximum atomic E-state index is 13.2. The molecule has 12 heteroatoms. The number of aromatic hydroxyl groups is 1. The van der Waals surface area contributed by atoms with Gasteiger partial charge in [-0.1, -0.05) is 112 Å². The molecule has 1 aliphatic rings. The van der Waals surface area contributed by atoms with Gasteiger partial charge in [-0.3, -0.25) is 14.5 Å². The highest BCUT2D eigenvalue weighted by atomic mass is 28.4. The Morgan fingerprint density at radius 2 is 1.45 bits per heavy atom. The Kier molecular flexibility index (Phi) is 17.0. The van der Waals surface area contributed by atoms with Gasteiger partial charge < -0.3 is 35.2 Å². The number of aromatic amines is 1. The van der Waals surface area contributed by atoms with Crippen LogP contribution in [-0.2, 0) is 28.6 Å². The number of H-pyrrole nitrogens is 1. The molecule has 2 amide bonds. The van der Waals surface area contributed by atoms with Gasteiger partial charge in [0.15, 0.2) is 8.32 Å². The normalized spacial score (nSPS) is 15.8. The molecule has 0 unspecified atom stereocenters. The van der Waals surface area contributed by atoms with Crippen LogP contribution in [0.5, 0.6) is 5.75 Å². The third kappa shape index (κ3) is 13.4. The van der Waals surface area contributed by atoms with Gasteiger partial charge in [0.2, 0.25) is 11.5 Å². The molecule has 6 aromatic rings. The number of nitrogens with zero attached hydrogens (tertiary/aromatic N) is 2. The molecule has 0 radical (unpaired) electrons. The number of fused-ring (bicyclic) bond motifs is 1. The number of carbonyl (C=O) groups is 2. The second-order valence-electron chi connectivity index (χ2n) is 20.3. The van der Waals surface area contributed by atoms with Gasteiger partial charge in [0, 0.05) is 54.3 Å². The molecule has 1 atom stereocenters. The lowest BCUT2D eigenvalue weighted by atomic mass is 9.88. The summed E-state index contributed by atoms with van der Waals surface area (Å²) in [6, 6.07) is 41.5. The van der Waals surface area contributed by atoms with E-state index < -0.39 is 14.4 Å². The summed E-state index contributed by atoms with van der Waals surface area (Å²) in [5.41, 5.74) is 7.69. The standard InChI is InChI=1S/C57H71N5O6Si/c1-57(2,3)69(5,6)68-52(48-32-34-51(63)55-49(48)33-35-54(65)60-55)39-58-38-42-22-25-44(26-23-42)59-53(64)21-13-17-41-24-31-47(43-19-11-8-12-20-43)50(37-41)62(56(66)67)46-29-27-45(28-30-46)61(4)36-14-18-40-15-9-7-10-16-40/h7-12,15-16,19-20,22-26,31-35,37,45-46,52,58,63H,13-14,17-18,21,27-30,36,38-39H2,1-6H3,(H,59,64)(H,60,65)(H,66,67)/t45?,46?,52-/m1/s1. The molecular weight excluding hydrogens is 879 g/mol. The molecule has 1 aromatic heterocycles. The van der Waals surface area contributed by atoms with E-state index in [0.717, 1.165) is 78.3 Å². The third-order valence-electron chi connectivity index (χ3n) is 14.3. The smallest absolute Gasteiger partial charge is 0.412 e. The summed E-state index contributed by atoms with van der Waals surface area (Å²) in [6.07, 6.45) is 5.93. The molecule has 0 bridgehead atoms. The van der Waals surface area contributed by atoms with Crippen molar-refractivity contribution >= 4 is 42.6 Å². The first-order valence-electron chi connectivity index (χ1n) is 24.6. The summed E-state index contributed by atoms with van der Waals surface area (Å²) < 4.78 is 6.96. The zero-order chi connectivity index (χ0) is 49.1. The number of carboxylic acid groups (broad SMARTS) is 1. The van der Waals surface area contributed by atoms with Crippen molar-refractivity contribution in [1.29, 1.82) is 0 Å². The SMILES string of the molecule is CN(CCCc1ccccc1)C1CCC(N(C(=O)O)c2cc(CCCC(=O)Nc3ccc(CNC[C@@H](O[Si](C)(C)C(C)(C)C)c4ccc(O)c5[nH]c(=O)ccc45)cc3)ccc2-c2ccccc2)CC1. The zero-order valence-electron chi connectivity index (χ0n) is 41.3. The van der Waals surface area contributed by atoms with E-state index in [4.69, 9.17) is 4.43 Å². The fourth-order valence-corrected chi connectivity index (χ4v) is 10.7. The first kappa shape index (κ1) is 50.8. The second-order valence-corrected chi connectivity index (χ2v) is 25.0. The van der Waals surface area contributed by atoms with Crippen molar-refractivity contribution in [3.05, 3.63) is 160 Å². The number of anilines is 2. The van der Waals surface area contributed by atoms with Gasteiger partial charge in [0.05, 0.1) is 17.3 Å². The molecule has 1 heterocycles. The molecule has 1 aliphatic carbocycles. The average Bonchev–Trinajstić information content (AvgIpc) is 3.32. The lowest BCUT2D eigenvalue weighted by molar-refractivity contribution is -0.116. The number of benzene rings is 5. The van der Waals surface area contributed by atoms with E-state index in [2.05, 4.69) is 97.8 Å². The summed E-state index contributed by atoms with van der Waals surface area (Å²) >= 11 is 0. The van der Waals surface area contributed by atoms with Crippen LogP contribution >= 0.6 is 0 Å². The van der Waals surface area contributed by atoms with Gasteiger partial charge in [-0.25, -0.2) is 4.79 Å². The van der Waals surface area contributed by atoms with Gasteiger partial charge >= 0.3 is 6.09 Å². The number of phenols is 1. The van der Waals surface area contributed by atoms with E-state index in [9.17, 15) is 24.6 Å². The first-order valence-corrected chi connectivity index (χ1v) is 27.5. The number of rotatable bonds is 20. The topological polar surface area (TPSA) is 147 Å². The van der Waals surface area contributed by atoms with Crippen LogP contribution in [0.25, 0.3) is 22.0 Å². The third-order valence-corrected chi connectivity index (χ3v) is 18.8. The molecule has 1 fully saturated rings. The molecule has 0 saturated heterocycles. The largest absolute Gasteiger partial charge is 0.506 e. The number of aryl methyl sites for hydroxylation is 2. The number of aromatic nitrogens is 1. The maximum absolute atomic E-state index is 13.2. The lowest BCUT2D eigenvalue weighted by Gasteiger charge is -2.39. The fraction of sp³-hybridized carbons (Fsp3) is 0.386. The highest BCUT2D eigenvalue weighted by molar-refractivity contribution is 6.74. The second kappa shape index (κ2) is 23.0. The summed E-state index contributed by atoms with van der Waals surface area (Å²) in [6.45, 7) is 13.1. The van der Waals surface area contributed by atoms with Crippen molar-refractivity contribution in [3.63, 3.8) is 0 Å². The first-order chi connectivity index (χ1) is 33.1. The molecule has 5 N–H and O–H groups in total. The van der Waals surface area contributed by atoms with Crippen molar-refractivity contribution in [1.82, 2.24) is 15.2 Å². The average molecular weight is 950 g/mol. The van der Waals surface area contributed by atoms with E-state index in [1.807, 2.05) is 72.8 Å². The quantitative estimate of drug-likeness (QED) is 0.0475. The van der Waals surface area contributed by atoms with Crippen molar-refractivity contribution < 1.29 is 24.2 Å². The Morgan fingerprint density at radius 1 is 0.797 bits per heavy atom. The van der Waals surface area contributed by atoms with Crippen LogP contribution in [0.3, 0.4) is 0 Å².